The smallest absolute Gasteiger partial charge is 0.0698 e. The second kappa shape index (κ2) is 5.83. The minimum Gasteiger partial charge on any atom is -0.380 e. The van der Waals surface area contributed by atoms with Crippen molar-refractivity contribution in [3.63, 3.8) is 0 Å². The Morgan fingerprint density at radius 1 is 1.40 bits per heavy atom. The summed E-state index contributed by atoms with van der Waals surface area (Å²) in [7, 11) is 1.81. The SMILES string of the molecule is CCC(N)(CC)CN1CCCC(OC)C1. The third-order valence-electron chi connectivity index (χ3n) is 3.74. The van der Waals surface area contributed by atoms with Crippen LogP contribution in [-0.4, -0.2) is 43.3 Å². The lowest BCUT2D eigenvalue weighted by Crippen LogP contribution is -2.52. The van der Waals surface area contributed by atoms with E-state index in [1.165, 1.54) is 19.4 Å². The third-order valence-corrected chi connectivity index (χ3v) is 3.74. The fraction of sp³-hybridized carbons (Fsp3) is 1.00. The van der Waals surface area contributed by atoms with E-state index in [1.54, 1.807) is 0 Å². The highest BCUT2D eigenvalue weighted by atomic mass is 16.5. The normalized spacial score (nSPS) is 24.4. The van der Waals surface area contributed by atoms with Gasteiger partial charge in [0.15, 0.2) is 0 Å². The molecule has 1 atom stereocenters. The van der Waals surface area contributed by atoms with Crippen LogP contribution in [0.25, 0.3) is 0 Å². The van der Waals surface area contributed by atoms with Gasteiger partial charge in [-0.2, -0.15) is 0 Å². The van der Waals surface area contributed by atoms with Crippen LogP contribution < -0.4 is 5.73 Å². The molecule has 1 heterocycles. The van der Waals surface area contributed by atoms with E-state index in [0.29, 0.717) is 6.10 Å². The molecule has 0 spiro atoms. The average molecular weight is 214 g/mol. The molecule has 0 aromatic carbocycles. The maximum absolute atomic E-state index is 6.33. The molecule has 0 radical (unpaired) electrons. The summed E-state index contributed by atoms with van der Waals surface area (Å²) >= 11 is 0. The number of likely N-dealkylation sites (tertiary alicyclic amines) is 1. The van der Waals surface area contributed by atoms with Crippen LogP contribution in [0.3, 0.4) is 0 Å². The van der Waals surface area contributed by atoms with Gasteiger partial charge in [-0.15, -0.1) is 0 Å². The molecule has 2 N–H and O–H groups in total. The molecule has 1 saturated heterocycles. The Morgan fingerprint density at radius 3 is 2.60 bits per heavy atom. The lowest BCUT2D eigenvalue weighted by atomic mass is 9.92. The molecule has 0 aromatic rings. The van der Waals surface area contributed by atoms with Crippen molar-refractivity contribution in [2.45, 2.75) is 51.2 Å². The second-order valence-electron chi connectivity index (χ2n) is 4.80. The van der Waals surface area contributed by atoms with Crippen molar-refractivity contribution < 1.29 is 4.74 Å². The number of methoxy groups -OCH3 is 1. The van der Waals surface area contributed by atoms with Gasteiger partial charge in [0.25, 0.3) is 0 Å². The van der Waals surface area contributed by atoms with E-state index in [9.17, 15) is 0 Å². The minimum absolute atomic E-state index is 0.00433. The molecule has 0 saturated carbocycles. The summed E-state index contributed by atoms with van der Waals surface area (Å²) in [5.74, 6) is 0. The molecule has 3 heteroatoms. The summed E-state index contributed by atoms with van der Waals surface area (Å²) in [4.78, 5) is 2.46. The molecular formula is C12H26N2O. The van der Waals surface area contributed by atoms with Crippen LogP contribution in [0.5, 0.6) is 0 Å². The first-order chi connectivity index (χ1) is 7.13. The molecule has 1 fully saturated rings. The van der Waals surface area contributed by atoms with Gasteiger partial charge in [0.2, 0.25) is 0 Å². The highest BCUT2D eigenvalue weighted by molar-refractivity contribution is 4.87. The number of piperidine rings is 1. The van der Waals surface area contributed by atoms with E-state index >= 15 is 0 Å². The number of nitrogens with zero attached hydrogens (tertiary/aromatic N) is 1. The number of rotatable bonds is 5. The Bertz CT molecular complexity index is 180. The molecule has 0 amide bonds. The zero-order chi connectivity index (χ0) is 11.3. The van der Waals surface area contributed by atoms with Crippen LogP contribution in [0.15, 0.2) is 0 Å². The van der Waals surface area contributed by atoms with Gasteiger partial charge < -0.3 is 10.5 Å². The summed E-state index contributed by atoms with van der Waals surface area (Å²) in [6.07, 6.45) is 4.96. The maximum Gasteiger partial charge on any atom is 0.0698 e. The Labute approximate surface area is 94.0 Å². The molecule has 3 nitrogen and oxygen atoms in total. The Hall–Kier alpha value is -0.120. The van der Waals surface area contributed by atoms with Crippen LogP contribution in [0, 0.1) is 0 Å². The summed E-state index contributed by atoms with van der Waals surface area (Å²) in [5.41, 5.74) is 6.33. The van der Waals surface area contributed by atoms with Gasteiger partial charge in [-0.25, -0.2) is 0 Å². The van der Waals surface area contributed by atoms with Crippen molar-refractivity contribution in [3.8, 4) is 0 Å². The van der Waals surface area contributed by atoms with E-state index in [0.717, 1.165) is 25.9 Å². The predicted octanol–water partition coefficient (Wildman–Crippen LogP) is 1.61. The molecule has 15 heavy (non-hydrogen) atoms. The van der Waals surface area contributed by atoms with E-state index in [-0.39, 0.29) is 5.54 Å². The number of hydrogen-bond donors (Lipinski definition) is 1. The van der Waals surface area contributed by atoms with E-state index < -0.39 is 0 Å². The molecule has 1 unspecified atom stereocenters. The largest absolute Gasteiger partial charge is 0.380 e. The zero-order valence-electron chi connectivity index (χ0n) is 10.5. The fourth-order valence-corrected chi connectivity index (χ4v) is 2.27. The first-order valence-electron chi connectivity index (χ1n) is 6.17. The van der Waals surface area contributed by atoms with Crippen LogP contribution in [0.4, 0.5) is 0 Å². The first-order valence-corrected chi connectivity index (χ1v) is 6.17. The molecule has 1 aliphatic heterocycles. The monoisotopic (exact) mass is 214 g/mol. The molecule has 1 rings (SSSR count). The van der Waals surface area contributed by atoms with Gasteiger partial charge in [-0.05, 0) is 32.2 Å². The summed E-state index contributed by atoms with van der Waals surface area (Å²) < 4.78 is 5.42. The number of nitrogens with two attached hydrogens (primary N) is 1. The highest BCUT2D eigenvalue weighted by Crippen LogP contribution is 2.18. The molecule has 0 bridgehead atoms. The molecule has 1 aliphatic rings. The van der Waals surface area contributed by atoms with E-state index in [1.807, 2.05) is 7.11 Å². The Kier molecular flexibility index (Phi) is 5.03. The van der Waals surface area contributed by atoms with Gasteiger partial charge in [0.05, 0.1) is 6.10 Å². The van der Waals surface area contributed by atoms with Gasteiger partial charge in [-0.3, -0.25) is 4.90 Å². The lowest BCUT2D eigenvalue weighted by molar-refractivity contribution is 0.0227. The standard InChI is InChI=1S/C12H26N2O/c1-4-12(13,5-2)10-14-8-6-7-11(9-14)15-3/h11H,4-10,13H2,1-3H3. The van der Waals surface area contributed by atoms with Crippen molar-refractivity contribution >= 4 is 0 Å². The number of hydrogen-bond acceptors (Lipinski definition) is 3. The minimum atomic E-state index is -0.00433. The zero-order valence-corrected chi connectivity index (χ0v) is 10.5. The van der Waals surface area contributed by atoms with Crippen LogP contribution in [-0.2, 0) is 4.74 Å². The second-order valence-corrected chi connectivity index (χ2v) is 4.80. The Balaban J connectivity index is 2.43. The predicted molar refractivity (Wildman–Crippen MR) is 64.0 cm³/mol. The molecular weight excluding hydrogens is 188 g/mol. The van der Waals surface area contributed by atoms with Crippen LogP contribution >= 0.6 is 0 Å². The van der Waals surface area contributed by atoms with E-state index in [2.05, 4.69) is 18.7 Å². The molecule has 0 aliphatic carbocycles. The highest BCUT2D eigenvalue weighted by Gasteiger charge is 2.27. The quantitative estimate of drug-likeness (QED) is 0.755. The summed E-state index contributed by atoms with van der Waals surface area (Å²) in [5, 5.41) is 0. The lowest BCUT2D eigenvalue weighted by Gasteiger charge is -2.38. The van der Waals surface area contributed by atoms with Gasteiger partial charge in [0, 0.05) is 25.7 Å². The Morgan fingerprint density at radius 2 is 2.07 bits per heavy atom. The third kappa shape index (κ3) is 3.74. The molecule has 90 valence electrons. The van der Waals surface area contributed by atoms with Gasteiger partial charge in [0.1, 0.15) is 0 Å². The van der Waals surface area contributed by atoms with Crippen molar-refractivity contribution in [2.24, 2.45) is 5.73 Å². The van der Waals surface area contributed by atoms with Crippen molar-refractivity contribution in [1.29, 1.82) is 0 Å². The average Bonchev–Trinajstić information content (AvgIpc) is 2.29. The van der Waals surface area contributed by atoms with Crippen molar-refractivity contribution in [1.82, 2.24) is 4.90 Å². The van der Waals surface area contributed by atoms with E-state index in [4.69, 9.17) is 10.5 Å². The van der Waals surface area contributed by atoms with Crippen LogP contribution in [0.1, 0.15) is 39.5 Å². The fourth-order valence-electron chi connectivity index (χ4n) is 2.27. The van der Waals surface area contributed by atoms with Crippen molar-refractivity contribution in [2.75, 3.05) is 26.7 Å². The topological polar surface area (TPSA) is 38.5 Å². The maximum atomic E-state index is 6.33. The first kappa shape index (κ1) is 12.9. The number of ether oxygens (including phenoxy) is 1. The van der Waals surface area contributed by atoms with Crippen molar-refractivity contribution in [3.05, 3.63) is 0 Å². The molecule has 0 aromatic heterocycles. The summed E-state index contributed by atoms with van der Waals surface area (Å²) in [6, 6.07) is 0. The summed E-state index contributed by atoms with van der Waals surface area (Å²) in [6.45, 7) is 7.61. The van der Waals surface area contributed by atoms with Gasteiger partial charge in [-0.1, -0.05) is 13.8 Å². The van der Waals surface area contributed by atoms with Crippen LogP contribution in [0.2, 0.25) is 0 Å². The van der Waals surface area contributed by atoms with Gasteiger partial charge >= 0.3 is 0 Å².